The lowest BCUT2D eigenvalue weighted by Crippen LogP contribution is -2.46. The van der Waals surface area contributed by atoms with Gasteiger partial charge in [0.1, 0.15) is 0 Å². The Hall–Kier alpha value is 0.0700. The molecule has 72 valence electrons. The van der Waals surface area contributed by atoms with Gasteiger partial charge in [-0.15, -0.1) is 11.3 Å². The zero-order valence-electron chi connectivity index (χ0n) is 7.17. The van der Waals surface area contributed by atoms with Crippen molar-refractivity contribution in [2.45, 2.75) is 6.54 Å². The Morgan fingerprint density at radius 2 is 2.31 bits per heavy atom. The van der Waals surface area contributed by atoms with Crippen LogP contribution in [0, 0.1) is 5.92 Å². The summed E-state index contributed by atoms with van der Waals surface area (Å²) in [5, 5.41) is 0. The predicted molar refractivity (Wildman–Crippen MR) is 56.8 cm³/mol. The summed E-state index contributed by atoms with van der Waals surface area (Å²) >= 11 is 5.18. The summed E-state index contributed by atoms with van der Waals surface area (Å²) in [5.74, 6) is 0.295. The van der Waals surface area contributed by atoms with Gasteiger partial charge >= 0.3 is 0 Å². The number of thiophene rings is 1. The number of halogens is 2. The van der Waals surface area contributed by atoms with Crippen LogP contribution in [0.25, 0.3) is 0 Å². The quantitative estimate of drug-likeness (QED) is 0.811. The van der Waals surface area contributed by atoms with Crippen LogP contribution >= 0.6 is 27.3 Å². The normalized spacial score (nSPS) is 18.9. The first-order valence-corrected chi connectivity index (χ1v) is 5.91. The van der Waals surface area contributed by atoms with E-state index in [-0.39, 0.29) is 6.67 Å². The fourth-order valence-corrected chi connectivity index (χ4v) is 3.09. The van der Waals surface area contributed by atoms with Gasteiger partial charge in [-0.1, -0.05) is 0 Å². The summed E-state index contributed by atoms with van der Waals surface area (Å²) in [4.78, 5) is 3.63. The van der Waals surface area contributed by atoms with Crippen LogP contribution in [-0.2, 0) is 6.54 Å². The van der Waals surface area contributed by atoms with Crippen LogP contribution in [0.1, 0.15) is 4.88 Å². The topological polar surface area (TPSA) is 3.24 Å². The monoisotopic (exact) mass is 263 g/mol. The third kappa shape index (κ3) is 2.30. The van der Waals surface area contributed by atoms with Crippen molar-refractivity contribution < 1.29 is 4.39 Å². The fourth-order valence-electron chi connectivity index (χ4n) is 1.56. The van der Waals surface area contributed by atoms with Crippen molar-refractivity contribution >= 4 is 27.3 Å². The Morgan fingerprint density at radius 3 is 2.85 bits per heavy atom. The zero-order valence-corrected chi connectivity index (χ0v) is 9.57. The van der Waals surface area contributed by atoms with E-state index in [1.165, 1.54) is 8.66 Å². The predicted octanol–water partition coefficient (Wildman–Crippen LogP) is 2.91. The maximum Gasteiger partial charge on any atom is 0.0947 e. The van der Waals surface area contributed by atoms with Gasteiger partial charge in [0.2, 0.25) is 0 Å². The van der Waals surface area contributed by atoms with Gasteiger partial charge in [0.05, 0.1) is 10.5 Å². The minimum Gasteiger partial charge on any atom is -0.297 e. The van der Waals surface area contributed by atoms with Crippen molar-refractivity contribution in [1.82, 2.24) is 4.90 Å². The molecule has 0 spiro atoms. The molecule has 1 aromatic heterocycles. The van der Waals surface area contributed by atoms with Gasteiger partial charge in [-0.3, -0.25) is 9.29 Å². The number of likely N-dealkylation sites (tertiary alicyclic amines) is 1. The number of nitrogens with zero attached hydrogens (tertiary/aromatic N) is 1. The third-order valence-corrected chi connectivity index (χ3v) is 3.87. The second-order valence-electron chi connectivity index (χ2n) is 3.42. The summed E-state index contributed by atoms with van der Waals surface area (Å²) in [5.41, 5.74) is 0. The average molecular weight is 264 g/mol. The van der Waals surface area contributed by atoms with Crippen LogP contribution in [-0.4, -0.2) is 24.7 Å². The molecule has 1 aromatic rings. The first kappa shape index (κ1) is 9.62. The van der Waals surface area contributed by atoms with Crippen molar-refractivity contribution in [2.24, 2.45) is 5.92 Å². The van der Waals surface area contributed by atoms with Gasteiger partial charge in [0, 0.05) is 30.4 Å². The van der Waals surface area contributed by atoms with Crippen molar-refractivity contribution in [3.05, 3.63) is 20.8 Å². The molecule has 0 radical (unpaired) electrons. The molecule has 0 atom stereocenters. The molecule has 13 heavy (non-hydrogen) atoms. The van der Waals surface area contributed by atoms with Gasteiger partial charge in [-0.25, -0.2) is 0 Å². The molecule has 4 heteroatoms. The van der Waals surface area contributed by atoms with Gasteiger partial charge < -0.3 is 0 Å². The fraction of sp³-hybridized carbons (Fsp3) is 0.556. The van der Waals surface area contributed by atoms with Gasteiger partial charge in [-0.2, -0.15) is 0 Å². The van der Waals surface area contributed by atoms with Gasteiger partial charge in [0.25, 0.3) is 0 Å². The highest BCUT2D eigenvalue weighted by Gasteiger charge is 2.26. The molecule has 0 N–H and O–H groups in total. The number of alkyl halides is 1. The van der Waals surface area contributed by atoms with E-state index in [1.807, 2.05) is 0 Å². The standard InChI is InChI=1S/C9H11BrFNS/c10-9-2-1-8(13-9)6-12-4-7(3-11)5-12/h1-2,7H,3-6H2. The molecule has 2 heterocycles. The first-order valence-electron chi connectivity index (χ1n) is 4.30. The number of hydrogen-bond acceptors (Lipinski definition) is 2. The average Bonchev–Trinajstić information content (AvgIpc) is 2.43. The highest BCUT2D eigenvalue weighted by Crippen LogP contribution is 2.26. The van der Waals surface area contributed by atoms with E-state index in [2.05, 4.69) is 33.0 Å². The maximum atomic E-state index is 12.1. The van der Waals surface area contributed by atoms with E-state index in [4.69, 9.17) is 0 Å². The Morgan fingerprint density at radius 1 is 1.54 bits per heavy atom. The van der Waals surface area contributed by atoms with E-state index in [0.717, 1.165) is 19.6 Å². The minimum absolute atomic E-state index is 0.162. The molecule has 1 nitrogen and oxygen atoms in total. The van der Waals surface area contributed by atoms with E-state index < -0.39 is 0 Å². The second-order valence-corrected chi connectivity index (χ2v) is 5.97. The Labute approximate surface area is 89.7 Å². The Kier molecular flexibility index (Phi) is 3.01. The third-order valence-electron chi connectivity index (χ3n) is 2.26. The summed E-state index contributed by atoms with van der Waals surface area (Å²) in [7, 11) is 0. The molecule has 1 fully saturated rings. The molecule has 2 rings (SSSR count). The van der Waals surface area contributed by atoms with Crippen LogP contribution in [0.3, 0.4) is 0 Å². The molecule has 0 aromatic carbocycles. The molecule has 0 aliphatic carbocycles. The molecular weight excluding hydrogens is 253 g/mol. The molecule has 0 bridgehead atoms. The Bertz CT molecular complexity index is 283. The Balaban J connectivity index is 1.81. The zero-order chi connectivity index (χ0) is 9.26. The van der Waals surface area contributed by atoms with E-state index >= 15 is 0 Å². The van der Waals surface area contributed by atoms with Crippen molar-refractivity contribution in [1.29, 1.82) is 0 Å². The second kappa shape index (κ2) is 4.07. The summed E-state index contributed by atoms with van der Waals surface area (Å²) < 4.78 is 13.3. The van der Waals surface area contributed by atoms with Crippen LogP contribution in [0.4, 0.5) is 4.39 Å². The molecule has 1 aliphatic rings. The van der Waals surface area contributed by atoms with Crippen LogP contribution in [0.5, 0.6) is 0 Å². The summed E-state index contributed by atoms with van der Waals surface area (Å²) in [6.45, 7) is 2.66. The van der Waals surface area contributed by atoms with E-state index in [9.17, 15) is 4.39 Å². The molecule has 0 unspecified atom stereocenters. The number of rotatable bonds is 3. The SMILES string of the molecule is FCC1CN(Cc2ccc(Br)s2)C1. The van der Waals surface area contributed by atoms with Crippen LogP contribution in [0.15, 0.2) is 15.9 Å². The molecular formula is C9H11BrFNS. The summed E-state index contributed by atoms with van der Waals surface area (Å²) in [6, 6.07) is 4.18. The van der Waals surface area contributed by atoms with Gasteiger partial charge in [0.15, 0.2) is 0 Å². The highest BCUT2D eigenvalue weighted by atomic mass is 79.9. The van der Waals surface area contributed by atoms with Crippen LogP contribution in [0.2, 0.25) is 0 Å². The van der Waals surface area contributed by atoms with Crippen molar-refractivity contribution in [3.8, 4) is 0 Å². The van der Waals surface area contributed by atoms with E-state index in [1.54, 1.807) is 11.3 Å². The minimum atomic E-state index is -0.162. The van der Waals surface area contributed by atoms with E-state index in [0.29, 0.717) is 5.92 Å². The molecule has 1 saturated heterocycles. The molecule has 1 aliphatic heterocycles. The number of hydrogen-bond donors (Lipinski definition) is 0. The first-order chi connectivity index (χ1) is 6.28. The van der Waals surface area contributed by atoms with Gasteiger partial charge in [-0.05, 0) is 28.1 Å². The molecule has 0 amide bonds. The maximum absolute atomic E-state index is 12.1. The van der Waals surface area contributed by atoms with Crippen molar-refractivity contribution in [3.63, 3.8) is 0 Å². The van der Waals surface area contributed by atoms with Crippen molar-refractivity contribution in [2.75, 3.05) is 19.8 Å². The molecule has 0 saturated carbocycles. The van der Waals surface area contributed by atoms with Crippen LogP contribution < -0.4 is 0 Å². The lowest BCUT2D eigenvalue weighted by molar-refractivity contribution is 0.0748. The lowest BCUT2D eigenvalue weighted by Gasteiger charge is -2.37. The smallest absolute Gasteiger partial charge is 0.0947 e. The summed E-state index contributed by atoms with van der Waals surface area (Å²) in [6.07, 6.45) is 0. The lowest BCUT2D eigenvalue weighted by atomic mass is 10.0. The highest BCUT2D eigenvalue weighted by molar-refractivity contribution is 9.11. The largest absolute Gasteiger partial charge is 0.297 e.